The largest absolute Gasteiger partial charge is 0.497 e. The van der Waals surface area contributed by atoms with E-state index in [1.807, 2.05) is 36.4 Å². The molecule has 2 aromatic carbocycles. The monoisotopic (exact) mass is 367 g/mol. The standard InChI is InChI=1S/C22H25NO4/c1-3-4-5-17-6-11-19(12-7-17)23-21(24)16-27-22(25)15-10-18-8-13-20(26-2)14-9-18/h6-15H,3-5,16H2,1-2H3,(H,23,24)/b15-10+. The number of ether oxygens (including phenoxy) is 2. The van der Waals surface area contributed by atoms with Crippen molar-refractivity contribution in [2.45, 2.75) is 26.2 Å². The Balaban J connectivity index is 1.75. The molecular weight excluding hydrogens is 342 g/mol. The Hall–Kier alpha value is -3.08. The zero-order valence-electron chi connectivity index (χ0n) is 15.7. The molecule has 0 aliphatic rings. The number of anilines is 1. The van der Waals surface area contributed by atoms with Gasteiger partial charge in [0.15, 0.2) is 6.61 Å². The van der Waals surface area contributed by atoms with E-state index in [-0.39, 0.29) is 12.5 Å². The smallest absolute Gasteiger partial charge is 0.331 e. The number of carbonyl (C=O) groups is 2. The predicted molar refractivity (Wildman–Crippen MR) is 107 cm³/mol. The molecule has 0 aliphatic heterocycles. The summed E-state index contributed by atoms with van der Waals surface area (Å²) in [5.74, 6) is -0.205. The molecule has 0 fully saturated rings. The number of carbonyl (C=O) groups excluding carboxylic acids is 2. The summed E-state index contributed by atoms with van der Waals surface area (Å²) in [6, 6.07) is 14.9. The molecule has 0 aliphatic carbocycles. The first-order valence-electron chi connectivity index (χ1n) is 8.98. The van der Waals surface area contributed by atoms with Crippen LogP contribution in [0.25, 0.3) is 6.08 Å². The van der Waals surface area contributed by atoms with Gasteiger partial charge in [-0.15, -0.1) is 0 Å². The van der Waals surface area contributed by atoms with Gasteiger partial charge in [-0.05, 0) is 54.3 Å². The van der Waals surface area contributed by atoms with Crippen LogP contribution >= 0.6 is 0 Å². The van der Waals surface area contributed by atoms with E-state index in [0.29, 0.717) is 5.69 Å². The third-order valence-corrected chi connectivity index (χ3v) is 3.93. The van der Waals surface area contributed by atoms with Crippen LogP contribution in [0.2, 0.25) is 0 Å². The van der Waals surface area contributed by atoms with E-state index in [2.05, 4.69) is 12.2 Å². The first-order chi connectivity index (χ1) is 13.1. The highest BCUT2D eigenvalue weighted by Gasteiger charge is 2.06. The third kappa shape index (κ3) is 7.36. The number of aryl methyl sites for hydroxylation is 1. The molecule has 142 valence electrons. The minimum atomic E-state index is -0.573. The van der Waals surface area contributed by atoms with Crippen LogP contribution in [-0.4, -0.2) is 25.6 Å². The van der Waals surface area contributed by atoms with E-state index in [1.54, 1.807) is 25.3 Å². The third-order valence-electron chi connectivity index (χ3n) is 3.93. The number of benzene rings is 2. The lowest BCUT2D eigenvalue weighted by Crippen LogP contribution is -2.20. The molecule has 0 atom stereocenters. The summed E-state index contributed by atoms with van der Waals surface area (Å²) in [5.41, 5.74) is 2.76. The van der Waals surface area contributed by atoms with Crippen molar-refractivity contribution in [2.75, 3.05) is 19.0 Å². The van der Waals surface area contributed by atoms with Crippen LogP contribution in [0, 0.1) is 0 Å². The molecular formula is C22H25NO4. The van der Waals surface area contributed by atoms with E-state index in [1.165, 1.54) is 11.6 Å². The molecule has 2 rings (SSSR count). The Labute approximate surface area is 160 Å². The normalized spacial score (nSPS) is 10.6. The van der Waals surface area contributed by atoms with Crippen molar-refractivity contribution in [2.24, 2.45) is 0 Å². The van der Waals surface area contributed by atoms with Crippen LogP contribution in [-0.2, 0) is 20.7 Å². The van der Waals surface area contributed by atoms with Crippen LogP contribution in [0.1, 0.15) is 30.9 Å². The number of amides is 1. The van der Waals surface area contributed by atoms with Crippen molar-refractivity contribution >= 4 is 23.6 Å². The lowest BCUT2D eigenvalue weighted by Gasteiger charge is -2.06. The van der Waals surface area contributed by atoms with Crippen molar-refractivity contribution in [1.29, 1.82) is 0 Å². The van der Waals surface area contributed by atoms with Gasteiger partial charge in [-0.25, -0.2) is 4.79 Å². The molecule has 0 aromatic heterocycles. The van der Waals surface area contributed by atoms with Crippen LogP contribution in [0.15, 0.2) is 54.6 Å². The van der Waals surface area contributed by atoms with E-state index >= 15 is 0 Å². The van der Waals surface area contributed by atoms with Crippen LogP contribution in [0.3, 0.4) is 0 Å². The van der Waals surface area contributed by atoms with E-state index in [4.69, 9.17) is 9.47 Å². The number of hydrogen-bond donors (Lipinski definition) is 1. The summed E-state index contributed by atoms with van der Waals surface area (Å²) in [7, 11) is 1.59. The fourth-order valence-corrected chi connectivity index (χ4v) is 2.40. The van der Waals surface area contributed by atoms with Gasteiger partial charge in [0.05, 0.1) is 7.11 Å². The van der Waals surface area contributed by atoms with Gasteiger partial charge in [0.25, 0.3) is 5.91 Å². The predicted octanol–water partition coefficient (Wildman–Crippen LogP) is 4.23. The zero-order chi connectivity index (χ0) is 19.5. The Bertz CT molecular complexity index is 764. The van der Waals surface area contributed by atoms with Crippen LogP contribution < -0.4 is 10.1 Å². The minimum Gasteiger partial charge on any atom is -0.497 e. The topological polar surface area (TPSA) is 64.6 Å². The molecule has 0 radical (unpaired) electrons. The number of unbranched alkanes of at least 4 members (excludes halogenated alkanes) is 1. The molecule has 27 heavy (non-hydrogen) atoms. The van der Waals surface area contributed by atoms with Crippen LogP contribution in [0.4, 0.5) is 5.69 Å². The summed E-state index contributed by atoms with van der Waals surface area (Å²) >= 11 is 0. The summed E-state index contributed by atoms with van der Waals surface area (Å²) < 4.78 is 10.0. The van der Waals surface area contributed by atoms with Gasteiger partial charge in [-0.3, -0.25) is 4.79 Å². The first kappa shape index (κ1) is 20.2. The zero-order valence-corrected chi connectivity index (χ0v) is 15.7. The van der Waals surface area contributed by atoms with Gasteiger partial charge < -0.3 is 14.8 Å². The Morgan fingerprint density at radius 2 is 1.74 bits per heavy atom. The Kier molecular flexibility index (Phi) is 8.10. The van der Waals surface area contributed by atoms with Crippen molar-refractivity contribution in [3.05, 3.63) is 65.7 Å². The number of nitrogens with one attached hydrogen (secondary N) is 1. The summed E-state index contributed by atoms with van der Waals surface area (Å²) in [6.45, 7) is 1.82. The quantitative estimate of drug-likeness (QED) is 0.532. The van der Waals surface area contributed by atoms with E-state index < -0.39 is 5.97 Å². The average Bonchev–Trinajstić information content (AvgIpc) is 2.70. The minimum absolute atomic E-state index is 0.330. The van der Waals surface area contributed by atoms with Crippen molar-refractivity contribution in [3.63, 3.8) is 0 Å². The highest BCUT2D eigenvalue weighted by molar-refractivity contribution is 5.94. The molecule has 0 saturated heterocycles. The van der Waals surface area contributed by atoms with Gasteiger partial charge in [-0.1, -0.05) is 37.6 Å². The van der Waals surface area contributed by atoms with Gasteiger partial charge in [0, 0.05) is 11.8 Å². The molecule has 1 amide bonds. The Morgan fingerprint density at radius 1 is 1.04 bits per heavy atom. The molecule has 0 saturated carbocycles. The maximum absolute atomic E-state index is 11.9. The van der Waals surface area contributed by atoms with Crippen molar-refractivity contribution < 1.29 is 19.1 Å². The maximum Gasteiger partial charge on any atom is 0.331 e. The molecule has 0 unspecified atom stereocenters. The van der Waals surface area contributed by atoms with Gasteiger partial charge >= 0.3 is 5.97 Å². The second-order valence-corrected chi connectivity index (χ2v) is 6.06. The molecule has 0 heterocycles. The maximum atomic E-state index is 11.9. The highest BCUT2D eigenvalue weighted by Crippen LogP contribution is 2.13. The highest BCUT2D eigenvalue weighted by atomic mass is 16.5. The molecule has 0 bridgehead atoms. The molecule has 0 spiro atoms. The van der Waals surface area contributed by atoms with Gasteiger partial charge in [-0.2, -0.15) is 0 Å². The fourth-order valence-electron chi connectivity index (χ4n) is 2.40. The van der Waals surface area contributed by atoms with Crippen molar-refractivity contribution in [3.8, 4) is 5.75 Å². The fraction of sp³-hybridized carbons (Fsp3) is 0.273. The number of rotatable bonds is 9. The van der Waals surface area contributed by atoms with Crippen molar-refractivity contribution in [1.82, 2.24) is 0 Å². The summed E-state index contributed by atoms with van der Waals surface area (Å²) in [5, 5.41) is 2.71. The lowest BCUT2D eigenvalue weighted by atomic mass is 10.1. The second kappa shape index (κ2) is 10.8. The molecule has 2 aromatic rings. The molecule has 5 nitrogen and oxygen atoms in total. The number of hydrogen-bond acceptors (Lipinski definition) is 4. The number of methoxy groups -OCH3 is 1. The summed E-state index contributed by atoms with van der Waals surface area (Å²) in [4.78, 5) is 23.6. The summed E-state index contributed by atoms with van der Waals surface area (Å²) in [6.07, 6.45) is 6.23. The van der Waals surface area contributed by atoms with Gasteiger partial charge in [0.1, 0.15) is 5.75 Å². The van der Waals surface area contributed by atoms with E-state index in [0.717, 1.165) is 30.6 Å². The van der Waals surface area contributed by atoms with Crippen LogP contribution in [0.5, 0.6) is 5.75 Å². The van der Waals surface area contributed by atoms with Gasteiger partial charge in [0.2, 0.25) is 0 Å². The van der Waals surface area contributed by atoms with E-state index in [9.17, 15) is 9.59 Å². The first-order valence-corrected chi connectivity index (χ1v) is 8.98. The molecule has 1 N–H and O–H groups in total. The average molecular weight is 367 g/mol. The lowest BCUT2D eigenvalue weighted by molar-refractivity contribution is -0.142. The Morgan fingerprint density at radius 3 is 2.37 bits per heavy atom. The number of esters is 1. The molecule has 5 heteroatoms. The second-order valence-electron chi connectivity index (χ2n) is 6.06. The SMILES string of the molecule is CCCCc1ccc(NC(=O)COC(=O)/C=C/c2ccc(OC)cc2)cc1.